The lowest BCUT2D eigenvalue weighted by Gasteiger charge is -2.29. The van der Waals surface area contributed by atoms with E-state index < -0.39 is 6.16 Å². The second kappa shape index (κ2) is 7.75. The van der Waals surface area contributed by atoms with Crippen molar-refractivity contribution in [2.45, 2.75) is 66.7 Å². The van der Waals surface area contributed by atoms with Gasteiger partial charge < -0.3 is 9.47 Å². The van der Waals surface area contributed by atoms with Crippen LogP contribution >= 0.6 is 0 Å². The van der Waals surface area contributed by atoms with Crippen LogP contribution in [-0.2, 0) is 10.2 Å². The van der Waals surface area contributed by atoms with Gasteiger partial charge in [-0.05, 0) is 72.6 Å². The van der Waals surface area contributed by atoms with Gasteiger partial charge in [-0.1, -0.05) is 52.0 Å². The lowest BCUT2D eigenvalue weighted by molar-refractivity contribution is 0.121. The number of aryl methyl sites for hydroxylation is 4. The van der Waals surface area contributed by atoms with Crippen molar-refractivity contribution in [2.75, 3.05) is 7.11 Å². The highest BCUT2D eigenvalue weighted by molar-refractivity contribution is 5.65. The third-order valence-electron chi connectivity index (χ3n) is 5.43. The van der Waals surface area contributed by atoms with Crippen LogP contribution in [-0.4, -0.2) is 13.3 Å². The number of hydrogen-bond acceptors (Lipinski definition) is 3. The van der Waals surface area contributed by atoms with Crippen molar-refractivity contribution in [3.63, 3.8) is 0 Å². The molecule has 0 atom stereocenters. The molecule has 0 saturated heterocycles. The van der Waals surface area contributed by atoms with Gasteiger partial charge in [-0.3, -0.25) is 0 Å². The molecule has 0 unspecified atom stereocenters. The molecule has 0 aromatic heterocycles. The zero-order valence-electron chi connectivity index (χ0n) is 18.1. The molecule has 27 heavy (non-hydrogen) atoms. The third kappa shape index (κ3) is 4.18. The van der Waals surface area contributed by atoms with Crippen LogP contribution in [0.15, 0.2) is 24.3 Å². The SMILES string of the molecule is COC(=O)Oc1c(C)cc(C(C)(C)c2cc(C)c(C(C)C)c(C)c2)cc1C. The van der Waals surface area contributed by atoms with E-state index in [1.807, 2.05) is 13.8 Å². The largest absolute Gasteiger partial charge is 0.513 e. The van der Waals surface area contributed by atoms with E-state index in [1.54, 1.807) is 0 Å². The summed E-state index contributed by atoms with van der Waals surface area (Å²) < 4.78 is 9.94. The molecule has 2 aromatic carbocycles. The van der Waals surface area contributed by atoms with Gasteiger partial charge in [-0.15, -0.1) is 0 Å². The topological polar surface area (TPSA) is 35.5 Å². The smallest absolute Gasteiger partial charge is 0.437 e. The Morgan fingerprint density at radius 3 is 1.63 bits per heavy atom. The molecular weight excluding hydrogens is 336 g/mol. The van der Waals surface area contributed by atoms with Gasteiger partial charge in [0, 0.05) is 5.41 Å². The highest BCUT2D eigenvalue weighted by Crippen LogP contribution is 2.38. The van der Waals surface area contributed by atoms with Gasteiger partial charge in [0.2, 0.25) is 0 Å². The van der Waals surface area contributed by atoms with Crippen molar-refractivity contribution in [1.82, 2.24) is 0 Å². The van der Waals surface area contributed by atoms with Gasteiger partial charge in [-0.25, -0.2) is 4.79 Å². The first kappa shape index (κ1) is 21.0. The lowest BCUT2D eigenvalue weighted by atomic mass is 9.75. The Balaban J connectivity index is 2.52. The molecule has 0 aliphatic carbocycles. The molecule has 0 heterocycles. The summed E-state index contributed by atoms with van der Waals surface area (Å²) in [6.45, 7) is 17.3. The van der Waals surface area contributed by atoms with Gasteiger partial charge >= 0.3 is 6.16 Å². The van der Waals surface area contributed by atoms with E-state index in [4.69, 9.17) is 4.74 Å². The van der Waals surface area contributed by atoms with Crippen LogP contribution in [0.25, 0.3) is 0 Å². The Bertz CT molecular complexity index is 814. The minimum Gasteiger partial charge on any atom is -0.437 e. The molecule has 3 heteroatoms. The number of methoxy groups -OCH3 is 1. The Morgan fingerprint density at radius 2 is 1.26 bits per heavy atom. The highest BCUT2D eigenvalue weighted by Gasteiger charge is 2.26. The summed E-state index contributed by atoms with van der Waals surface area (Å²) in [5, 5.41) is 0. The van der Waals surface area contributed by atoms with Crippen LogP contribution in [0.2, 0.25) is 0 Å². The van der Waals surface area contributed by atoms with E-state index in [0.29, 0.717) is 11.7 Å². The van der Waals surface area contributed by atoms with Crippen molar-refractivity contribution in [1.29, 1.82) is 0 Å². The minimum atomic E-state index is -0.691. The Hall–Kier alpha value is -2.29. The predicted molar refractivity (Wildman–Crippen MR) is 111 cm³/mol. The molecule has 0 fully saturated rings. The molecule has 3 nitrogen and oxygen atoms in total. The molecule has 0 saturated carbocycles. The van der Waals surface area contributed by atoms with E-state index in [9.17, 15) is 4.79 Å². The van der Waals surface area contributed by atoms with Gasteiger partial charge in [0.15, 0.2) is 0 Å². The van der Waals surface area contributed by atoms with E-state index in [2.05, 4.69) is 70.5 Å². The quantitative estimate of drug-likeness (QED) is 0.455. The summed E-state index contributed by atoms with van der Waals surface area (Å²) >= 11 is 0. The number of carbonyl (C=O) groups excluding carboxylic acids is 1. The first-order valence-electron chi connectivity index (χ1n) is 9.48. The second-order valence-electron chi connectivity index (χ2n) is 8.30. The van der Waals surface area contributed by atoms with Crippen molar-refractivity contribution in [3.8, 4) is 5.75 Å². The van der Waals surface area contributed by atoms with Crippen LogP contribution in [0, 0.1) is 27.7 Å². The van der Waals surface area contributed by atoms with Crippen LogP contribution in [0.1, 0.15) is 72.6 Å². The molecule has 2 aromatic rings. The Kier molecular flexibility index (Phi) is 6.04. The minimum absolute atomic E-state index is 0.162. The Morgan fingerprint density at radius 1 is 0.852 bits per heavy atom. The number of ether oxygens (including phenoxy) is 2. The van der Waals surface area contributed by atoms with Crippen LogP contribution in [0.3, 0.4) is 0 Å². The Labute approximate surface area is 163 Å². The summed E-state index contributed by atoms with van der Waals surface area (Å²) in [6.07, 6.45) is -0.691. The van der Waals surface area contributed by atoms with Crippen molar-refractivity contribution in [2.24, 2.45) is 0 Å². The summed E-state index contributed by atoms with van der Waals surface area (Å²) in [5.74, 6) is 1.09. The average molecular weight is 369 g/mol. The van der Waals surface area contributed by atoms with E-state index in [1.165, 1.54) is 34.9 Å². The molecule has 0 bridgehead atoms. The standard InChI is InChI=1S/C24H32O3/c1-14(2)21-15(3)10-19(11-16(21)4)24(7,8)20-12-17(5)22(18(6)13-20)27-23(25)26-9/h10-14H,1-9H3. The normalized spacial score (nSPS) is 11.6. The van der Waals surface area contributed by atoms with Crippen molar-refractivity contribution < 1.29 is 14.3 Å². The molecule has 0 aliphatic rings. The van der Waals surface area contributed by atoms with E-state index >= 15 is 0 Å². The van der Waals surface area contributed by atoms with Gasteiger partial charge in [0.25, 0.3) is 0 Å². The predicted octanol–water partition coefficient (Wildman–Crippen LogP) is 6.51. The fourth-order valence-corrected chi connectivity index (χ4v) is 4.01. The van der Waals surface area contributed by atoms with Gasteiger partial charge in [0.05, 0.1) is 7.11 Å². The summed E-state index contributed by atoms with van der Waals surface area (Å²) in [4.78, 5) is 11.5. The molecule has 146 valence electrons. The fraction of sp³-hybridized carbons (Fsp3) is 0.458. The number of rotatable bonds is 4. The summed E-state index contributed by atoms with van der Waals surface area (Å²) in [6, 6.07) is 8.83. The maximum absolute atomic E-state index is 11.5. The summed E-state index contributed by atoms with van der Waals surface area (Å²) in [5.41, 5.74) is 8.30. The molecule has 0 amide bonds. The molecule has 0 radical (unpaired) electrons. The van der Waals surface area contributed by atoms with Crippen LogP contribution in [0.5, 0.6) is 5.75 Å². The van der Waals surface area contributed by atoms with E-state index in [0.717, 1.165) is 11.1 Å². The van der Waals surface area contributed by atoms with Crippen LogP contribution < -0.4 is 4.74 Å². The zero-order chi connectivity index (χ0) is 20.5. The molecule has 0 N–H and O–H groups in total. The lowest BCUT2D eigenvalue weighted by Crippen LogP contribution is -2.21. The summed E-state index contributed by atoms with van der Waals surface area (Å²) in [7, 11) is 1.32. The number of carbonyl (C=O) groups is 1. The third-order valence-corrected chi connectivity index (χ3v) is 5.43. The zero-order valence-corrected chi connectivity index (χ0v) is 18.1. The van der Waals surface area contributed by atoms with Gasteiger partial charge in [-0.2, -0.15) is 0 Å². The monoisotopic (exact) mass is 368 g/mol. The molecule has 0 spiro atoms. The second-order valence-corrected chi connectivity index (χ2v) is 8.30. The van der Waals surface area contributed by atoms with Crippen LogP contribution in [0.4, 0.5) is 4.79 Å². The molecular formula is C24H32O3. The molecule has 2 rings (SSSR count). The van der Waals surface area contributed by atoms with Crippen molar-refractivity contribution in [3.05, 3.63) is 63.2 Å². The van der Waals surface area contributed by atoms with Crippen molar-refractivity contribution >= 4 is 6.16 Å². The fourth-order valence-electron chi connectivity index (χ4n) is 4.01. The first-order valence-corrected chi connectivity index (χ1v) is 9.48. The van der Waals surface area contributed by atoms with Gasteiger partial charge in [0.1, 0.15) is 5.75 Å². The maximum atomic E-state index is 11.5. The maximum Gasteiger partial charge on any atom is 0.513 e. The molecule has 0 aliphatic heterocycles. The first-order chi connectivity index (χ1) is 12.5. The number of hydrogen-bond donors (Lipinski definition) is 0. The average Bonchev–Trinajstić information content (AvgIpc) is 2.56. The van der Waals surface area contributed by atoms with E-state index in [-0.39, 0.29) is 5.41 Å². The highest BCUT2D eigenvalue weighted by atomic mass is 16.7. The number of benzene rings is 2.